The first-order chi connectivity index (χ1) is 13.6. The molecule has 0 fully saturated rings. The van der Waals surface area contributed by atoms with Gasteiger partial charge in [-0.05, 0) is 49.2 Å². The minimum atomic E-state index is -0.0329. The minimum Gasteiger partial charge on any atom is -0.436 e. The van der Waals surface area contributed by atoms with Crippen LogP contribution in [0.15, 0.2) is 71.1 Å². The fourth-order valence-corrected chi connectivity index (χ4v) is 3.17. The second-order valence-corrected chi connectivity index (χ2v) is 7.18. The Kier molecular flexibility index (Phi) is 5.13. The number of halogens is 1. The number of aryl methyl sites for hydroxylation is 2. The van der Waals surface area contributed by atoms with Gasteiger partial charge in [-0.15, -0.1) is 0 Å². The maximum atomic E-state index is 12.3. The maximum absolute atomic E-state index is 12.3. The van der Waals surface area contributed by atoms with Crippen LogP contribution < -0.4 is 5.32 Å². The molecule has 0 spiro atoms. The van der Waals surface area contributed by atoms with Gasteiger partial charge in [-0.1, -0.05) is 47.5 Å². The van der Waals surface area contributed by atoms with Gasteiger partial charge in [-0.3, -0.25) is 4.79 Å². The molecule has 4 nitrogen and oxygen atoms in total. The zero-order chi connectivity index (χ0) is 19.5. The number of amides is 1. The molecule has 0 aliphatic heterocycles. The average molecular weight is 391 g/mol. The summed E-state index contributed by atoms with van der Waals surface area (Å²) in [5, 5.41) is 3.55. The number of aromatic nitrogens is 1. The van der Waals surface area contributed by atoms with Crippen molar-refractivity contribution in [2.45, 2.75) is 19.8 Å². The fourth-order valence-electron chi connectivity index (χ4n) is 2.98. The lowest BCUT2D eigenvalue weighted by Gasteiger charge is -2.05. The van der Waals surface area contributed by atoms with Crippen molar-refractivity contribution in [3.63, 3.8) is 0 Å². The Balaban J connectivity index is 1.45. The van der Waals surface area contributed by atoms with Gasteiger partial charge < -0.3 is 9.73 Å². The number of nitrogens with zero attached hydrogens (tertiary/aromatic N) is 1. The van der Waals surface area contributed by atoms with E-state index >= 15 is 0 Å². The smallest absolute Gasteiger partial charge is 0.227 e. The summed E-state index contributed by atoms with van der Waals surface area (Å²) < 4.78 is 5.85. The van der Waals surface area contributed by atoms with Crippen molar-refractivity contribution < 1.29 is 9.21 Å². The molecule has 0 atom stereocenters. The Bertz CT molecular complexity index is 1130. The molecule has 1 N–H and O–H groups in total. The van der Waals surface area contributed by atoms with Gasteiger partial charge in [-0.2, -0.15) is 0 Å². The molecule has 1 aromatic heterocycles. The maximum Gasteiger partial charge on any atom is 0.227 e. The molecule has 1 amide bonds. The highest BCUT2D eigenvalue weighted by molar-refractivity contribution is 6.30. The predicted octanol–water partition coefficient (Wildman–Crippen LogP) is 6.03. The molecule has 0 unspecified atom stereocenters. The summed E-state index contributed by atoms with van der Waals surface area (Å²) >= 11 is 6.04. The molecule has 5 heteroatoms. The summed E-state index contributed by atoms with van der Waals surface area (Å²) in [6.45, 7) is 2.05. The molecule has 1 heterocycles. The first kappa shape index (κ1) is 18.3. The number of rotatable bonds is 5. The molecule has 140 valence electrons. The van der Waals surface area contributed by atoms with Crippen LogP contribution in [0.4, 0.5) is 5.69 Å². The van der Waals surface area contributed by atoms with Crippen LogP contribution in [0.2, 0.25) is 5.02 Å². The van der Waals surface area contributed by atoms with Gasteiger partial charge in [-0.25, -0.2) is 4.98 Å². The van der Waals surface area contributed by atoms with E-state index in [-0.39, 0.29) is 5.91 Å². The second-order valence-electron chi connectivity index (χ2n) is 6.75. The van der Waals surface area contributed by atoms with Crippen LogP contribution in [0.5, 0.6) is 0 Å². The van der Waals surface area contributed by atoms with Gasteiger partial charge in [0.05, 0.1) is 0 Å². The highest BCUT2D eigenvalue weighted by Gasteiger charge is 2.10. The first-order valence-corrected chi connectivity index (χ1v) is 9.46. The van der Waals surface area contributed by atoms with E-state index in [9.17, 15) is 4.79 Å². The number of fused-ring (bicyclic) bond motifs is 1. The fraction of sp³-hybridized carbons (Fsp3) is 0.130. The molecule has 3 aromatic carbocycles. The molecule has 0 saturated heterocycles. The van der Waals surface area contributed by atoms with Crippen molar-refractivity contribution in [3.05, 3.63) is 82.9 Å². The van der Waals surface area contributed by atoms with Crippen LogP contribution >= 0.6 is 11.6 Å². The molecular weight excluding hydrogens is 372 g/mol. The lowest BCUT2D eigenvalue weighted by Crippen LogP contribution is -2.12. The van der Waals surface area contributed by atoms with E-state index in [4.69, 9.17) is 16.0 Å². The van der Waals surface area contributed by atoms with Crippen LogP contribution in [0.1, 0.15) is 17.5 Å². The Morgan fingerprint density at radius 1 is 1.07 bits per heavy atom. The summed E-state index contributed by atoms with van der Waals surface area (Å²) in [6, 6.07) is 21.0. The van der Waals surface area contributed by atoms with Crippen molar-refractivity contribution in [3.8, 4) is 11.5 Å². The van der Waals surface area contributed by atoms with Crippen molar-refractivity contribution in [2.24, 2.45) is 0 Å². The van der Waals surface area contributed by atoms with Crippen LogP contribution in [-0.4, -0.2) is 10.9 Å². The molecule has 0 radical (unpaired) electrons. The van der Waals surface area contributed by atoms with E-state index in [0.717, 1.165) is 16.6 Å². The molecular formula is C23H19ClN2O2. The van der Waals surface area contributed by atoms with Crippen LogP contribution in [-0.2, 0) is 11.2 Å². The van der Waals surface area contributed by atoms with E-state index in [1.165, 1.54) is 5.56 Å². The monoisotopic (exact) mass is 390 g/mol. The molecule has 4 rings (SSSR count). The van der Waals surface area contributed by atoms with E-state index in [2.05, 4.69) is 34.6 Å². The van der Waals surface area contributed by atoms with Crippen LogP contribution in [0.3, 0.4) is 0 Å². The molecule has 0 aliphatic rings. The number of anilines is 1. The highest BCUT2D eigenvalue weighted by atomic mass is 35.5. The van der Waals surface area contributed by atoms with E-state index in [1.54, 1.807) is 18.2 Å². The number of hydrogen-bond donors (Lipinski definition) is 1. The SMILES string of the molecule is Cc1ccc(CCC(=O)Nc2ccc3nc(-c4cccc(Cl)c4)oc3c2)cc1. The van der Waals surface area contributed by atoms with Crippen molar-refractivity contribution >= 4 is 34.3 Å². The van der Waals surface area contributed by atoms with E-state index in [0.29, 0.717) is 35.0 Å². The Labute approximate surface area is 168 Å². The Morgan fingerprint density at radius 3 is 2.68 bits per heavy atom. The van der Waals surface area contributed by atoms with Gasteiger partial charge >= 0.3 is 0 Å². The standard InChI is InChI=1S/C23H19ClN2O2/c1-15-5-7-16(8-6-15)9-12-22(27)25-19-10-11-20-21(14-19)28-23(26-20)17-3-2-4-18(24)13-17/h2-8,10-11,13-14H,9,12H2,1H3,(H,25,27). The normalized spacial score (nSPS) is 10.9. The molecule has 0 saturated carbocycles. The van der Waals surface area contributed by atoms with Gasteiger partial charge in [0.2, 0.25) is 11.8 Å². The zero-order valence-corrected chi connectivity index (χ0v) is 16.2. The lowest BCUT2D eigenvalue weighted by atomic mass is 10.1. The van der Waals surface area contributed by atoms with Crippen LogP contribution in [0.25, 0.3) is 22.6 Å². The number of carbonyl (C=O) groups excluding carboxylic acids is 1. The van der Waals surface area contributed by atoms with Crippen LogP contribution in [0, 0.1) is 6.92 Å². The quantitative estimate of drug-likeness (QED) is 0.452. The van der Waals surface area contributed by atoms with E-state index in [1.807, 2.05) is 31.2 Å². The highest BCUT2D eigenvalue weighted by Crippen LogP contribution is 2.27. The molecule has 4 aromatic rings. The van der Waals surface area contributed by atoms with Gasteiger partial charge in [0.25, 0.3) is 0 Å². The van der Waals surface area contributed by atoms with Crippen molar-refractivity contribution in [2.75, 3.05) is 5.32 Å². The van der Waals surface area contributed by atoms with Gasteiger partial charge in [0.15, 0.2) is 5.58 Å². The summed E-state index contributed by atoms with van der Waals surface area (Å²) in [5.74, 6) is 0.467. The summed E-state index contributed by atoms with van der Waals surface area (Å²) in [6.07, 6.45) is 1.13. The largest absolute Gasteiger partial charge is 0.436 e. The third-order valence-corrected chi connectivity index (χ3v) is 4.74. The molecule has 0 aliphatic carbocycles. The van der Waals surface area contributed by atoms with Gasteiger partial charge in [0.1, 0.15) is 5.52 Å². The first-order valence-electron chi connectivity index (χ1n) is 9.09. The molecule has 28 heavy (non-hydrogen) atoms. The van der Waals surface area contributed by atoms with Crippen molar-refractivity contribution in [1.82, 2.24) is 4.98 Å². The summed E-state index contributed by atoms with van der Waals surface area (Å²) in [4.78, 5) is 16.8. The average Bonchev–Trinajstić information content (AvgIpc) is 3.11. The lowest BCUT2D eigenvalue weighted by molar-refractivity contribution is -0.116. The summed E-state index contributed by atoms with van der Waals surface area (Å²) in [5.41, 5.74) is 5.21. The van der Waals surface area contributed by atoms with E-state index < -0.39 is 0 Å². The summed E-state index contributed by atoms with van der Waals surface area (Å²) in [7, 11) is 0. The third-order valence-electron chi connectivity index (χ3n) is 4.51. The topological polar surface area (TPSA) is 55.1 Å². The number of nitrogens with one attached hydrogen (secondary N) is 1. The number of oxazole rings is 1. The number of hydrogen-bond acceptors (Lipinski definition) is 3. The number of carbonyl (C=O) groups is 1. The Hall–Kier alpha value is -3.11. The number of benzene rings is 3. The molecule has 0 bridgehead atoms. The third kappa shape index (κ3) is 4.24. The van der Waals surface area contributed by atoms with Crippen molar-refractivity contribution in [1.29, 1.82) is 0 Å². The Morgan fingerprint density at radius 2 is 1.89 bits per heavy atom. The minimum absolute atomic E-state index is 0.0329. The zero-order valence-electron chi connectivity index (χ0n) is 15.4. The predicted molar refractivity (Wildman–Crippen MR) is 113 cm³/mol. The van der Waals surface area contributed by atoms with Gasteiger partial charge in [0, 0.05) is 28.8 Å². The second kappa shape index (κ2) is 7.87.